The van der Waals surface area contributed by atoms with Crippen LogP contribution in [0.1, 0.15) is 21.5 Å². The Balaban J connectivity index is 1.55. The van der Waals surface area contributed by atoms with Gasteiger partial charge in [0.15, 0.2) is 5.78 Å². The van der Waals surface area contributed by atoms with Gasteiger partial charge in [-0.1, -0.05) is 41.4 Å². The molecule has 0 amide bonds. The molecule has 1 aliphatic heterocycles. The molecule has 1 N–H and O–H groups in total. The van der Waals surface area contributed by atoms with Gasteiger partial charge in [-0.25, -0.2) is 4.39 Å². The van der Waals surface area contributed by atoms with Crippen molar-refractivity contribution in [3.8, 4) is 16.9 Å². The number of carbonyl (C=O) groups excluding carboxylic acids is 1. The predicted octanol–water partition coefficient (Wildman–Crippen LogP) is 5.90. The van der Waals surface area contributed by atoms with Crippen LogP contribution in [0.2, 0.25) is 10.0 Å². The zero-order valence-corrected chi connectivity index (χ0v) is 20.4. The molecule has 0 fully saturated rings. The first-order chi connectivity index (χ1) is 16.8. The number of fused-ring (bicyclic) bond motifs is 1. The summed E-state index contributed by atoms with van der Waals surface area (Å²) >= 11 is 12.2. The fourth-order valence-corrected chi connectivity index (χ4v) is 4.71. The van der Waals surface area contributed by atoms with Crippen LogP contribution in [-0.2, 0) is 20.0 Å². The molecule has 0 spiro atoms. The number of imidazole rings is 1. The fourth-order valence-electron chi connectivity index (χ4n) is 4.39. The summed E-state index contributed by atoms with van der Waals surface area (Å²) in [5, 5.41) is 9.17. The van der Waals surface area contributed by atoms with Gasteiger partial charge >= 0.3 is 0 Å². The molecule has 8 heteroatoms. The molecule has 35 heavy (non-hydrogen) atoms. The van der Waals surface area contributed by atoms with Crippen LogP contribution in [0.4, 0.5) is 4.39 Å². The van der Waals surface area contributed by atoms with Crippen molar-refractivity contribution in [2.75, 3.05) is 6.61 Å². The van der Waals surface area contributed by atoms with E-state index in [1.807, 2.05) is 30.6 Å². The van der Waals surface area contributed by atoms with E-state index in [1.165, 1.54) is 12.1 Å². The first-order valence-electron chi connectivity index (χ1n) is 11.1. The molecule has 1 aliphatic rings. The number of nitrogens with zero attached hydrogens (tertiary/aromatic N) is 2. The average Bonchev–Trinajstić information content (AvgIpc) is 3.15. The monoisotopic (exact) mass is 509 g/mol. The lowest BCUT2D eigenvalue weighted by molar-refractivity contribution is 0.0831. The number of aryl methyl sites for hydroxylation is 1. The molecule has 1 aromatic heterocycles. The van der Waals surface area contributed by atoms with Crippen LogP contribution in [0.15, 0.2) is 67.0 Å². The largest absolute Gasteiger partial charge is 0.491 e. The summed E-state index contributed by atoms with van der Waals surface area (Å²) in [4.78, 5) is 13.6. The third-order valence-corrected chi connectivity index (χ3v) is 7.00. The Kier molecular flexibility index (Phi) is 6.26. The summed E-state index contributed by atoms with van der Waals surface area (Å²) in [5.74, 6) is -0.241. The average molecular weight is 510 g/mol. The quantitative estimate of drug-likeness (QED) is 0.364. The number of hydrogen-bond acceptors (Lipinski definition) is 3. The zero-order chi connectivity index (χ0) is 24.7. The maximum Gasteiger partial charge on any atom is 0.202 e. The lowest BCUT2D eigenvalue weighted by Crippen LogP contribution is -2.30. The van der Waals surface area contributed by atoms with Gasteiger partial charge in [0, 0.05) is 25.0 Å². The van der Waals surface area contributed by atoms with E-state index in [-0.39, 0.29) is 24.1 Å². The highest BCUT2D eigenvalue weighted by Gasteiger charge is 2.31. The predicted molar refractivity (Wildman–Crippen MR) is 134 cm³/mol. The van der Waals surface area contributed by atoms with Crippen LogP contribution < -0.4 is 10.4 Å². The van der Waals surface area contributed by atoms with Gasteiger partial charge in [0.2, 0.25) is 5.62 Å². The molecule has 0 bridgehead atoms. The summed E-state index contributed by atoms with van der Waals surface area (Å²) in [7, 11) is 1.81. The van der Waals surface area contributed by atoms with Gasteiger partial charge in [-0.3, -0.25) is 10.2 Å². The summed E-state index contributed by atoms with van der Waals surface area (Å²) in [6, 6.07) is 15.3. The summed E-state index contributed by atoms with van der Waals surface area (Å²) < 4.78 is 23.3. The van der Waals surface area contributed by atoms with Crippen LogP contribution >= 0.6 is 23.2 Å². The van der Waals surface area contributed by atoms with Crippen molar-refractivity contribution in [1.82, 2.24) is 9.13 Å². The van der Waals surface area contributed by atoms with Crippen molar-refractivity contribution < 1.29 is 13.9 Å². The standard InChI is InChI=1S/C27H22Cl2FN3O2/c1-32-8-9-33(27(32)31)14-17-11-21(18-3-5-20(30)6-4-18)26-22(12-17)25(34)19(15-35-26)10-16-2-7-23(28)24(29)13-16/h2-9,11-13,19,31H,10,14-15H2,1H3/t19-/m1/s1. The molecule has 178 valence electrons. The van der Waals surface area contributed by atoms with Crippen molar-refractivity contribution in [2.45, 2.75) is 13.0 Å². The normalized spacial score (nSPS) is 15.1. The minimum absolute atomic E-state index is 0.0216. The molecule has 5 nitrogen and oxygen atoms in total. The minimum Gasteiger partial charge on any atom is -0.491 e. The van der Waals surface area contributed by atoms with E-state index >= 15 is 0 Å². The van der Waals surface area contributed by atoms with Crippen LogP contribution in [0.5, 0.6) is 5.75 Å². The number of ether oxygens (including phenoxy) is 1. The van der Waals surface area contributed by atoms with Crippen molar-refractivity contribution in [3.63, 3.8) is 0 Å². The SMILES string of the molecule is Cn1ccn(Cc2cc3c(c(-c4ccc(F)cc4)c2)OC[C@@H](Cc2ccc(Cl)c(Cl)c2)C3=O)c1=N. The Morgan fingerprint density at radius 2 is 1.74 bits per heavy atom. The highest BCUT2D eigenvalue weighted by atomic mass is 35.5. The zero-order valence-electron chi connectivity index (χ0n) is 18.9. The number of Topliss-reactive ketones (excluding diaryl/α,β-unsaturated/α-hetero) is 1. The van der Waals surface area contributed by atoms with Gasteiger partial charge in [0.05, 0.1) is 34.7 Å². The number of rotatable bonds is 5. The Labute approximate surface area is 211 Å². The van der Waals surface area contributed by atoms with Crippen molar-refractivity contribution >= 4 is 29.0 Å². The molecule has 0 saturated carbocycles. The van der Waals surface area contributed by atoms with Gasteiger partial charge < -0.3 is 13.9 Å². The van der Waals surface area contributed by atoms with E-state index in [4.69, 9.17) is 33.3 Å². The molecule has 0 aliphatic carbocycles. The topological polar surface area (TPSA) is 60.0 Å². The number of ketones is 1. The number of benzene rings is 3. The van der Waals surface area contributed by atoms with Gasteiger partial charge in [-0.05, 0) is 59.5 Å². The van der Waals surface area contributed by atoms with Crippen LogP contribution in [0, 0.1) is 17.1 Å². The van der Waals surface area contributed by atoms with Gasteiger partial charge in [-0.2, -0.15) is 0 Å². The number of aromatic nitrogens is 2. The molecule has 5 rings (SSSR count). The first-order valence-corrected chi connectivity index (χ1v) is 11.9. The molecule has 1 atom stereocenters. The van der Waals surface area contributed by atoms with E-state index in [0.717, 1.165) is 22.3 Å². The van der Waals surface area contributed by atoms with Gasteiger partial charge in [0.25, 0.3) is 0 Å². The third kappa shape index (κ3) is 4.64. The Morgan fingerprint density at radius 3 is 2.43 bits per heavy atom. The molecular weight excluding hydrogens is 488 g/mol. The number of halogens is 3. The number of carbonyl (C=O) groups is 1. The fraction of sp³-hybridized carbons (Fsp3) is 0.185. The number of nitrogens with one attached hydrogen (secondary N) is 1. The van der Waals surface area contributed by atoms with Crippen LogP contribution in [-0.4, -0.2) is 21.5 Å². The second-order valence-electron chi connectivity index (χ2n) is 8.71. The molecule has 3 aromatic carbocycles. The van der Waals surface area contributed by atoms with Crippen molar-refractivity contribution in [1.29, 1.82) is 5.41 Å². The minimum atomic E-state index is -0.382. The Bertz CT molecular complexity index is 1490. The van der Waals surface area contributed by atoms with E-state index in [1.54, 1.807) is 40.4 Å². The molecule has 0 saturated heterocycles. The van der Waals surface area contributed by atoms with E-state index in [2.05, 4.69) is 0 Å². The lowest BCUT2D eigenvalue weighted by Gasteiger charge is -2.27. The van der Waals surface area contributed by atoms with Crippen LogP contribution in [0.25, 0.3) is 11.1 Å². The van der Waals surface area contributed by atoms with Crippen LogP contribution in [0.3, 0.4) is 0 Å². The molecule has 0 radical (unpaired) electrons. The first kappa shape index (κ1) is 23.4. The third-order valence-electron chi connectivity index (χ3n) is 6.26. The Morgan fingerprint density at radius 1 is 1.00 bits per heavy atom. The van der Waals surface area contributed by atoms with Crippen molar-refractivity contribution in [3.05, 3.63) is 105 Å². The summed E-state index contributed by atoms with van der Waals surface area (Å²) in [6.07, 6.45) is 4.10. The molecular formula is C27H22Cl2FN3O2. The molecule has 2 heterocycles. The Hall–Kier alpha value is -3.35. The van der Waals surface area contributed by atoms with E-state index < -0.39 is 0 Å². The highest BCUT2D eigenvalue weighted by Crippen LogP contribution is 2.39. The highest BCUT2D eigenvalue weighted by molar-refractivity contribution is 6.42. The molecule has 0 unspecified atom stereocenters. The van der Waals surface area contributed by atoms with Gasteiger partial charge in [0.1, 0.15) is 11.6 Å². The van der Waals surface area contributed by atoms with E-state index in [9.17, 15) is 9.18 Å². The maximum atomic E-state index is 13.6. The molecule has 4 aromatic rings. The van der Waals surface area contributed by atoms with E-state index in [0.29, 0.717) is 39.9 Å². The second-order valence-corrected chi connectivity index (χ2v) is 9.53. The van der Waals surface area contributed by atoms with Crippen molar-refractivity contribution in [2.24, 2.45) is 13.0 Å². The summed E-state index contributed by atoms with van der Waals surface area (Å²) in [6.45, 7) is 0.635. The lowest BCUT2D eigenvalue weighted by atomic mass is 9.86. The van der Waals surface area contributed by atoms with Gasteiger partial charge in [-0.15, -0.1) is 0 Å². The maximum absolute atomic E-state index is 13.6. The smallest absolute Gasteiger partial charge is 0.202 e. The second kappa shape index (κ2) is 9.36. The number of hydrogen-bond donors (Lipinski definition) is 1. The summed E-state index contributed by atoms with van der Waals surface area (Å²) in [5.41, 5.74) is 4.05.